The molecule has 0 heterocycles. The number of carboxylic acid groups (broad SMARTS) is 1. The van der Waals surface area contributed by atoms with Gasteiger partial charge in [0.2, 0.25) is 5.91 Å². The number of hydrogen-bond donors (Lipinski definition) is 2. The number of aliphatic carboxylic acids is 1. The lowest BCUT2D eigenvalue weighted by atomic mass is 9.77. The molecular formula is C15H25NO4. The van der Waals surface area contributed by atoms with Gasteiger partial charge in [-0.25, -0.2) is 4.79 Å². The lowest BCUT2D eigenvalue weighted by molar-refractivity contribution is -0.146. The molecule has 0 aromatic carbocycles. The Hall–Kier alpha value is -1.36. The molecule has 114 valence electrons. The summed E-state index contributed by atoms with van der Waals surface area (Å²) in [5.41, 5.74) is -0.539. The summed E-state index contributed by atoms with van der Waals surface area (Å²) in [6, 6.07) is -1.01. The number of carboxylic acids is 1. The molecule has 5 nitrogen and oxygen atoms in total. The average Bonchev–Trinajstić information content (AvgIpc) is 2.91. The summed E-state index contributed by atoms with van der Waals surface area (Å²) >= 11 is 0. The van der Waals surface area contributed by atoms with E-state index in [2.05, 4.69) is 11.9 Å². The highest BCUT2D eigenvalue weighted by Crippen LogP contribution is 2.39. The van der Waals surface area contributed by atoms with Crippen molar-refractivity contribution in [3.63, 3.8) is 0 Å². The van der Waals surface area contributed by atoms with Crippen LogP contribution < -0.4 is 5.32 Å². The van der Waals surface area contributed by atoms with Crippen molar-refractivity contribution < 1.29 is 19.4 Å². The van der Waals surface area contributed by atoms with Crippen molar-refractivity contribution in [2.45, 2.75) is 45.6 Å². The zero-order valence-corrected chi connectivity index (χ0v) is 12.4. The second-order valence-corrected chi connectivity index (χ2v) is 5.89. The monoisotopic (exact) mass is 283 g/mol. The number of nitrogens with one attached hydrogen (secondary N) is 1. The molecule has 0 aromatic rings. The predicted molar refractivity (Wildman–Crippen MR) is 76.3 cm³/mol. The molecule has 2 N–H and O–H groups in total. The Balaban J connectivity index is 2.59. The van der Waals surface area contributed by atoms with Crippen LogP contribution in [-0.4, -0.2) is 36.2 Å². The number of carbonyl (C=O) groups excluding carboxylic acids is 1. The van der Waals surface area contributed by atoms with E-state index in [0.717, 1.165) is 25.7 Å². The molecule has 1 unspecified atom stereocenters. The third-order valence-corrected chi connectivity index (χ3v) is 4.08. The van der Waals surface area contributed by atoms with Gasteiger partial charge in [0.05, 0.1) is 13.2 Å². The van der Waals surface area contributed by atoms with Crippen LogP contribution >= 0.6 is 0 Å². The molecule has 1 aliphatic carbocycles. The van der Waals surface area contributed by atoms with Crippen LogP contribution in [0.2, 0.25) is 0 Å². The molecule has 0 aliphatic heterocycles. The minimum atomic E-state index is -1.08. The summed E-state index contributed by atoms with van der Waals surface area (Å²) in [6.45, 7) is 7.50. The van der Waals surface area contributed by atoms with Gasteiger partial charge in [0.1, 0.15) is 0 Å². The first-order valence-electron chi connectivity index (χ1n) is 7.12. The third-order valence-electron chi connectivity index (χ3n) is 4.08. The Kier molecular flexibility index (Phi) is 6.20. The largest absolute Gasteiger partial charge is 0.480 e. The van der Waals surface area contributed by atoms with E-state index in [9.17, 15) is 9.59 Å². The van der Waals surface area contributed by atoms with Crippen LogP contribution in [-0.2, 0) is 14.3 Å². The maximum Gasteiger partial charge on any atom is 0.328 e. The molecule has 0 bridgehead atoms. The van der Waals surface area contributed by atoms with Crippen molar-refractivity contribution in [1.82, 2.24) is 5.32 Å². The van der Waals surface area contributed by atoms with E-state index >= 15 is 0 Å². The first-order chi connectivity index (χ1) is 9.39. The van der Waals surface area contributed by atoms with Crippen LogP contribution in [0.5, 0.6) is 0 Å². The summed E-state index contributed by atoms with van der Waals surface area (Å²) in [6.07, 6.45) is 5.90. The number of ether oxygens (including phenoxy) is 1. The van der Waals surface area contributed by atoms with Crippen molar-refractivity contribution in [1.29, 1.82) is 0 Å². The van der Waals surface area contributed by atoms with E-state index in [0.29, 0.717) is 5.92 Å². The summed E-state index contributed by atoms with van der Waals surface area (Å²) in [4.78, 5) is 23.5. The Labute approximate surface area is 120 Å². The molecule has 0 saturated heterocycles. The standard InChI is InChI=1S/C15H25NO4/c1-4-9-20-10-12(13(17)18)16-14(19)15(2,3)11-7-5-6-8-11/h4,11-12H,1,5-10H2,2-3H3,(H,16,19)(H,17,18). The topological polar surface area (TPSA) is 75.6 Å². The minimum Gasteiger partial charge on any atom is -0.480 e. The molecule has 5 heteroatoms. The maximum absolute atomic E-state index is 12.3. The van der Waals surface area contributed by atoms with Gasteiger partial charge in [-0.15, -0.1) is 6.58 Å². The molecule has 1 rings (SSSR count). The van der Waals surface area contributed by atoms with E-state index in [1.54, 1.807) is 6.08 Å². The van der Waals surface area contributed by atoms with E-state index in [4.69, 9.17) is 9.84 Å². The minimum absolute atomic E-state index is 0.0478. The zero-order valence-electron chi connectivity index (χ0n) is 12.4. The molecule has 1 aliphatic rings. The SMILES string of the molecule is C=CCOCC(NC(=O)C(C)(C)C1CCCC1)C(=O)O. The van der Waals surface area contributed by atoms with Crippen molar-refractivity contribution in [2.24, 2.45) is 11.3 Å². The van der Waals surface area contributed by atoms with Crippen LogP contribution in [0, 0.1) is 11.3 Å². The fraction of sp³-hybridized carbons (Fsp3) is 0.733. The summed E-state index contributed by atoms with van der Waals surface area (Å²) < 4.78 is 5.13. The highest BCUT2D eigenvalue weighted by atomic mass is 16.5. The zero-order chi connectivity index (χ0) is 15.2. The van der Waals surface area contributed by atoms with E-state index < -0.39 is 17.4 Å². The molecule has 20 heavy (non-hydrogen) atoms. The number of amides is 1. The first-order valence-corrected chi connectivity index (χ1v) is 7.12. The predicted octanol–water partition coefficient (Wildman–Crippen LogP) is 1.97. The van der Waals surface area contributed by atoms with Gasteiger partial charge in [-0.2, -0.15) is 0 Å². The van der Waals surface area contributed by atoms with Gasteiger partial charge in [-0.05, 0) is 18.8 Å². The highest BCUT2D eigenvalue weighted by molar-refractivity contribution is 5.87. The summed E-state index contributed by atoms with van der Waals surface area (Å²) in [5.74, 6) is -0.963. The molecule has 0 aromatic heterocycles. The van der Waals surface area contributed by atoms with Gasteiger partial charge in [0, 0.05) is 5.41 Å². The number of hydrogen-bond acceptors (Lipinski definition) is 3. The van der Waals surface area contributed by atoms with E-state index in [1.165, 1.54) is 0 Å². The van der Waals surface area contributed by atoms with Crippen molar-refractivity contribution in [3.05, 3.63) is 12.7 Å². The van der Waals surface area contributed by atoms with Crippen LogP contribution in [0.1, 0.15) is 39.5 Å². The second-order valence-electron chi connectivity index (χ2n) is 5.89. The van der Waals surface area contributed by atoms with Crippen molar-refractivity contribution >= 4 is 11.9 Å². The van der Waals surface area contributed by atoms with Gasteiger partial charge < -0.3 is 15.2 Å². The Morgan fingerprint density at radius 2 is 2.05 bits per heavy atom. The lowest BCUT2D eigenvalue weighted by Crippen LogP contribution is -2.50. The van der Waals surface area contributed by atoms with Crippen LogP contribution in [0.25, 0.3) is 0 Å². The average molecular weight is 283 g/mol. The van der Waals surface area contributed by atoms with Gasteiger partial charge >= 0.3 is 5.97 Å². The molecule has 1 atom stereocenters. The number of rotatable bonds is 8. The summed E-state index contributed by atoms with van der Waals surface area (Å²) in [5, 5.41) is 11.7. The molecular weight excluding hydrogens is 258 g/mol. The lowest BCUT2D eigenvalue weighted by Gasteiger charge is -2.31. The fourth-order valence-corrected chi connectivity index (χ4v) is 2.62. The van der Waals surface area contributed by atoms with Crippen LogP contribution in [0.3, 0.4) is 0 Å². The van der Waals surface area contributed by atoms with Crippen LogP contribution in [0.4, 0.5) is 0 Å². The third kappa shape index (κ3) is 4.34. The number of carbonyl (C=O) groups is 2. The van der Waals surface area contributed by atoms with Crippen molar-refractivity contribution in [3.8, 4) is 0 Å². The Bertz CT molecular complexity index is 359. The maximum atomic E-state index is 12.3. The van der Waals surface area contributed by atoms with Gasteiger partial charge in [0.15, 0.2) is 6.04 Å². The molecule has 1 fully saturated rings. The Morgan fingerprint density at radius 3 is 2.55 bits per heavy atom. The molecule has 0 spiro atoms. The van der Waals surface area contributed by atoms with Crippen molar-refractivity contribution in [2.75, 3.05) is 13.2 Å². The van der Waals surface area contributed by atoms with Gasteiger partial charge in [-0.1, -0.05) is 32.8 Å². The fourth-order valence-electron chi connectivity index (χ4n) is 2.62. The van der Waals surface area contributed by atoms with Gasteiger partial charge in [-0.3, -0.25) is 4.79 Å². The van der Waals surface area contributed by atoms with Crippen LogP contribution in [0.15, 0.2) is 12.7 Å². The normalized spacial score (nSPS) is 17.7. The summed E-state index contributed by atoms with van der Waals surface area (Å²) in [7, 11) is 0. The van der Waals surface area contributed by atoms with Gasteiger partial charge in [0.25, 0.3) is 0 Å². The highest BCUT2D eigenvalue weighted by Gasteiger charge is 2.39. The molecule has 0 radical (unpaired) electrons. The molecule has 1 saturated carbocycles. The Morgan fingerprint density at radius 1 is 1.45 bits per heavy atom. The first kappa shape index (κ1) is 16.7. The quantitative estimate of drug-likeness (QED) is 0.527. The van der Waals surface area contributed by atoms with E-state index in [1.807, 2.05) is 13.8 Å². The second kappa shape index (κ2) is 7.43. The smallest absolute Gasteiger partial charge is 0.328 e. The molecule has 1 amide bonds. The van der Waals surface area contributed by atoms with E-state index in [-0.39, 0.29) is 19.1 Å².